The highest BCUT2D eigenvalue weighted by atomic mass is 16.4. The van der Waals surface area contributed by atoms with Gasteiger partial charge in [-0.1, -0.05) is 19.1 Å². The lowest BCUT2D eigenvalue weighted by Gasteiger charge is -2.09. The zero-order valence-corrected chi connectivity index (χ0v) is 9.64. The van der Waals surface area contributed by atoms with Crippen molar-refractivity contribution >= 4 is 17.6 Å². The van der Waals surface area contributed by atoms with Gasteiger partial charge in [0.2, 0.25) is 0 Å². The third-order valence-electron chi connectivity index (χ3n) is 2.49. The molecule has 1 unspecified atom stereocenters. The maximum atomic E-state index is 11.7. The van der Waals surface area contributed by atoms with Crippen LogP contribution in [0.2, 0.25) is 0 Å². The zero-order valence-electron chi connectivity index (χ0n) is 9.64. The van der Waals surface area contributed by atoms with E-state index in [1.165, 1.54) is 0 Å². The molecule has 1 aromatic carbocycles. The van der Waals surface area contributed by atoms with Gasteiger partial charge in [-0.2, -0.15) is 0 Å². The smallest absolute Gasteiger partial charge is 0.306 e. The van der Waals surface area contributed by atoms with Gasteiger partial charge in [-0.05, 0) is 18.6 Å². The molecular weight excluding hydrogens is 220 g/mol. The highest BCUT2D eigenvalue weighted by molar-refractivity contribution is 5.99. The Hall–Kier alpha value is -2.04. The number of carbonyl (C=O) groups excluding carboxylic acids is 1. The Kier molecular flexibility index (Phi) is 4.51. The number of benzene rings is 1. The van der Waals surface area contributed by atoms with Gasteiger partial charge in [-0.25, -0.2) is 0 Å². The number of nitrogens with two attached hydrogens (primary N) is 1. The molecule has 1 aromatic rings. The van der Waals surface area contributed by atoms with Gasteiger partial charge >= 0.3 is 5.97 Å². The van der Waals surface area contributed by atoms with Crippen molar-refractivity contribution in [2.24, 2.45) is 5.92 Å². The fraction of sp³-hybridized carbons (Fsp3) is 0.333. The lowest BCUT2D eigenvalue weighted by molar-refractivity contribution is -0.141. The van der Waals surface area contributed by atoms with Crippen molar-refractivity contribution in [3.63, 3.8) is 0 Å². The molecule has 4 N–H and O–H groups in total. The molecule has 0 saturated heterocycles. The topological polar surface area (TPSA) is 92.4 Å². The van der Waals surface area contributed by atoms with Gasteiger partial charge in [0, 0.05) is 12.2 Å². The maximum Gasteiger partial charge on any atom is 0.306 e. The van der Waals surface area contributed by atoms with Crippen LogP contribution < -0.4 is 11.1 Å². The first-order chi connectivity index (χ1) is 8.02. The Labute approximate surface area is 99.6 Å². The van der Waals surface area contributed by atoms with Crippen LogP contribution in [0.4, 0.5) is 5.69 Å². The highest BCUT2D eigenvalue weighted by Crippen LogP contribution is 2.10. The average Bonchev–Trinajstić information content (AvgIpc) is 2.29. The Morgan fingerprint density at radius 1 is 1.41 bits per heavy atom. The molecular formula is C12H16N2O3. The molecule has 0 bridgehead atoms. The largest absolute Gasteiger partial charge is 0.481 e. The first kappa shape index (κ1) is 13.0. The predicted octanol–water partition coefficient (Wildman–Crippen LogP) is 1.11. The molecule has 0 radical (unpaired) electrons. The Bertz CT molecular complexity index is 418. The predicted molar refractivity (Wildman–Crippen MR) is 64.6 cm³/mol. The van der Waals surface area contributed by atoms with Crippen molar-refractivity contribution < 1.29 is 14.7 Å². The minimum atomic E-state index is -0.863. The number of amides is 1. The van der Waals surface area contributed by atoms with E-state index in [4.69, 9.17) is 10.8 Å². The Morgan fingerprint density at radius 2 is 2.06 bits per heavy atom. The summed E-state index contributed by atoms with van der Waals surface area (Å²) in [6.07, 6.45) is 0.397. The van der Waals surface area contributed by atoms with Crippen LogP contribution in [-0.2, 0) is 4.79 Å². The highest BCUT2D eigenvalue weighted by Gasteiger charge is 2.12. The number of hydrogen-bond donors (Lipinski definition) is 3. The van der Waals surface area contributed by atoms with Crippen molar-refractivity contribution in [3.8, 4) is 0 Å². The molecule has 0 heterocycles. The molecule has 1 rings (SSSR count). The van der Waals surface area contributed by atoms with Gasteiger partial charge in [0.15, 0.2) is 0 Å². The quantitative estimate of drug-likeness (QED) is 0.668. The molecule has 0 aliphatic carbocycles. The van der Waals surface area contributed by atoms with Crippen LogP contribution in [0.5, 0.6) is 0 Å². The standard InChI is InChI=1S/C12H16N2O3/c1-8(12(16)17)6-7-14-11(15)9-4-2-3-5-10(9)13/h2-5,8H,6-7,13H2,1H3,(H,14,15)(H,16,17). The number of nitrogen functional groups attached to an aromatic ring is 1. The fourth-order valence-corrected chi connectivity index (χ4v) is 1.32. The van der Waals surface area contributed by atoms with Gasteiger partial charge in [-0.3, -0.25) is 9.59 Å². The summed E-state index contributed by atoms with van der Waals surface area (Å²) in [6.45, 7) is 1.92. The van der Waals surface area contributed by atoms with Crippen LogP contribution in [0.3, 0.4) is 0 Å². The molecule has 1 amide bonds. The van der Waals surface area contributed by atoms with Crippen molar-refractivity contribution in [3.05, 3.63) is 29.8 Å². The normalized spacial score (nSPS) is 11.8. The fourth-order valence-electron chi connectivity index (χ4n) is 1.32. The number of aliphatic carboxylic acids is 1. The number of hydrogen-bond acceptors (Lipinski definition) is 3. The van der Waals surface area contributed by atoms with E-state index in [9.17, 15) is 9.59 Å². The van der Waals surface area contributed by atoms with E-state index in [0.717, 1.165) is 0 Å². The molecule has 0 aromatic heterocycles. The van der Waals surface area contributed by atoms with Gasteiger partial charge in [0.25, 0.3) is 5.91 Å². The van der Waals surface area contributed by atoms with Crippen molar-refractivity contribution in [2.45, 2.75) is 13.3 Å². The number of carboxylic acid groups (broad SMARTS) is 1. The first-order valence-corrected chi connectivity index (χ1v) is 5.38. The van der Waals surface area contributed by atoms with E-state index in [2.05, 4.69) is 5.32 Å². The van der Waals surface area contributed by atoms with Crippen LogP contribution in [0, 0.1) is 5.92 Å². The lowest BCUT2D eigenvalue weighted by Crippen LogP contribution is -2.27. The molecule has 0 fully saturated rings. The molecule has 5 heteroatoms. The number of rotatable bonds is 5. The minimum Gasteiger partial charge on any atom is -0.481 e. The molecule has 17 heavy (non-hydrogen) atoms. The monoisotopic (exact) mass is 236 g/mol. The average molecular weight is 236 g/mol. The summed E-state index contributed by atoms with van der Waals surface area (Å²) < 4.78 is 0. The second kappa shape index (κ2) is 5.89. The zero-order chi connectivity index (χ0) is 12.8. The number of carbonyl (C=O) groups is 2. The third kappa shape index (κ3) is 3.79. The molecule has 0 aliphatic heterocycles. The third-order valence-corrected chi connectivity index (χ3v) is 2.49. The number of anilines is 1. The van der Waals surface area contributed by atoms with Crippen LogP contribution in [0.25, 0.3) is 0 Å². The summed E-state index contributed by atoms with van der Waals surface area (Å²) in [7, 11) is 0. The summed E-state index contributed by atoms with van der Waals surface area (Å²) in [4.78, 5) is 22.2. The second-order valence-electron chi connectivity index (χ2n) is 3.87. The van der Waals surface area contributed by atoms with Gasteiger partial charge < -0.3 is 16.2 Å². The summed E-state index contributed by atoms with van der Waals surface area (Å²) in [5, 5.41) is 11.3. The van der Waals surface area contributed by atoms with Crippen LogP contribution >= 0.6 is 0 Å². The van der Waals surface area contributed by atoms with Crippen molar-refractivity contribution in [1.29, 1.82) is 0 Å². The number of para-hydroxylation sites is 1. The Balaban J connectivity index is 2.46. The van der Waals surface area contributed by atoms with Gasteiger partial charge in [-0.15, -0.1) is 0 Å². The molecule has 1 atom stereocenters. The minimum absolute atomic E-state index is 0.277. The SMILES string of the molecule is CC(CCNC(=O)c1ccccc1N)C(=O)O. The van der Waals surface area contributed by atoms with Crippen LogP contribution in [-0.4, -0.2) is 23.5 Å². The molecule has 92 valence electrons. The Morgan fingerprint density at radius 3 is 2.65 bits per heavy atom. The first-order valence-electron chi connectivity index (χ1n) is 5.38. The second-order valence-corrected chi connectivity index (χ2v) is 3.87. The number of carboxylic acids is 1. The molecule has 0 saturated carbocycles. The van der Waals surface area contributed by atoms with E-state index in [-0.39, 0.29) is 5.91 Å². The summed E-state index contributed by atoms with van der Waals surface area (Å²) in [5.41, 5.74) is 6.47. The van der Waals surface area contributed by atoms with Gasteiger partial charge in [0.1, 0.15) is 0 Å². The van der Waals surface area contributed by atoms with Crippen molar-refractivity contribution in [2.75, 3.05) is 12.3 Å². The van der Waals surface area contributed by atoms with E-state index < -0.39 is 11.9 Å². The molecule has 0 aliphatic rings. The van der Waals surface area contributed by atoms with E-state index in [1.807, 2.05) is 0 Å². The number of nitrogens with one attached hydrogen (secondary N) is 1. The molecule has 0 spiro atoms. The van der Waals surface area contributed by atoms with Gasteiger partial charge in [0.05, 0.1) is 11.5 Å². The van der Waals surface area contributed by atoms with E-state index in [0.29, 0.717) is 24.2 Å². The van der Waals surface area contributed by atoms with Crippen molar-refractivity contribution in [1.82, 2.24) is 5.32 Å². The van der Waals surface area contributed by atoms with E-state index in [1.54, 1.807) is 31.2 Å². The summed E-state index contributed by atoms with van der Waals surface area (Å²) in [5.74, 6) is -1.61. The summed E-state index contributed by atoms with van der Waals surface area (Å²) >= 11 is 0. The summed E-state index contributed by atoms with van der Waals surface area (Å²) in [6, 6.07) is 6.75. The lowest BCUT2D eigenvalue weighted by atomic mass is 10.1. The van der Waals surface area contributed by atoms with Crippen LogP contribution in [0.15, 0.2) is 24.3 Å². The van der Waals surface area contributed by atoms with E-state index >= 15 is 0 Å². The maximum absolute atomic E-state index is 11.7. The van der Waals surface area contributed by atoms with Crippen LogP contribution in [0.1, 0.15) is 23.7 Å². The molecule has 5 nitrogen and oxygen atoms in total.